The maximum Gasteiger partial charge on any atom is 0.271 e. The molecule has 2 rings (SSSR count). The van der Waals surface area contributed by atoms with Gasteiger partial charge in [0, 0.05) is 0 Å². The lowest BCUT2D eigenvalue weighted by atomic mass is 10.2. The highest BCUT2D eigenvalue weighted by Gasteiger charge is 2.13. The Balaban J connectivity index is 2.59. The number of aromatic amines is 1. The van der Waals surface area contributed by atoms with Crippen molar-refractivity contribution in [1.29, 1.82) is 5.26 Å². The van der Waals surface area contributed by atoms with E-state index in [1.807, 2.05) is 23.6 Å². The molecule has 0 aliphatic carbocycles. The van der Waals surface area contributed by atoms with Gasteiger partial charge < -0.3 is 4.98 Å². The van der Waals surface area contributed by atoms with Crippen molar-refractivity contribution in [2.75, 3.05) is 0 Å². The monoisotopic (exact) mass is 231 g/mol. The van der Waals surface area contributed by atoms with Crippen LogP contribution >= 0.6 is 11.8 Å². The van der Waals surface area contributed by atoms with Crippen LogP contribution in [0.15, 0.2) is 29.1 Å². The van der Waals surface area contributed by atoms with Crippen LogP contribution in [0.3, 0.4) is 0 Å². The molecule has 1 N–H and O–H groups in total. The predicted molar refractivity (Wildman–Crippen MR) is 64.0 cm³/mol. The molecular weight excluding hydrogens is 222 g/mol. The molecule has 1 atom stereocenters. The van der Waals surface area contributed by atoms with Crippen molar-refractivity contribution in [1.82, 2.24) is 9.97 Å². The van der Waals surface area contributed by atoms with Crippen molar-refractivity contribution < 1.29 is 0 Å². The van der Waals surface area contributed by atoms with Gasteiger partial charge in [0.15, 0.2) is 0 Å². The maximum atomic E-state index is 11.7. The minimum absolute atomic E-state index is 0.224. The van der Waals surface area contributed by atoms with Crippen LogP contribution < -0.4 is 5.56 Å². The van der Waals surface area contributed by atoms with Crippen LogP contribution in [0.4, 0.5) is 0 Å². The van der Waals surface area contributed by atoms with E-state index in [9.17, 15) is 4.79 Å². The molecule has 1 aromatic heterocycles. The largest absolute Gasteiger partial charge is 0.319 e. The molecule has 1 heterocycles. The van der Waals surface area contributed by atoms with Crippen molar-refractivity contribution in [3.63, 3.8) is 0 Å². The normalized spacial score (nSPS) is 12.2. The highest BCUT2D eigenvalue weighted by Crippen LogP contribution is 2.23. The first-order valence-electron chi connectivity index (χ1n) is 4.76. The second-order valence-corrected chi connectivity index (χ2v) is 4.45. The zero-order chi connectivity index (χ0) is 11.5. The predicted octanol–water partition coefficient (Wildman–Crippen LogP) is 2.20. The summed E-state index contributed by atoms with van der Waals surface area (Å²) in [5.41, 5.74) is 1.62. The number of nitriles is 1. The first kappa shape index (κ1) is 10.7. The number of nitrogens with zero attached hydrogens (tertiary/aromatic N) is 2. The topological polar surface area (TPSA) is 69.5 Å². The summed E-state index contributed by atoms with van der Waals surface area (Å²) in [5, 5.41) is 10.3. The van der Waals surface area contributed by atoms with E-state index in [1.54, 1.807) is 13.0 Å². The number of hydrogen-bond acceptors (Lipinski definition) is 4. The first-order chi connectivity index (χ1) is 7.72. The second kappa shape index (κ2) is 4.37. The number of nitrogens with one attached hydrogen (secondary N) is 1. The van der Waals surface area contributed by atoms with Gasteiger partial charge in [0.2, 0.25) is 0 Å². The Bertz CT molecular complexity index is 614. The summed E-state index contributed by atoms with van der Waals surface area (Å²) in [7, 11) is 0. The third kappa shape index (κ3) is 1.92. The van der Waals surface area contributed by atoms with Crippen LogP contribution in [0.2, 0.25) is 0 Å². The average molecular weight is 231 g/mol. The van der Waals surface area contributed by atoms with Crippen molar-refractivity contribution in [2.45, 2.75) is 12.2 Å². The second-order valence-electron chi connectivity index (χ2n) is 3.32. The molecule has 1 unspecified atom stereocenters. The summed E-state index contributed by atoms with van der Waals surface area (Å²) in [4.78, 5) is 18.7. The fourth-order valence-electron chi connectivity index (χ4n) is 1.45. The quantitative estimate of drug-likeness (QED) is 0.804. The smallest absolute Gasteiger partial charge is 0.271 e. The van der Waals surface area contributed by atoms with E-state index in [0.29, 0.717) is 11.2 Å². The van der Waals surface area contributed by atoms with Gasteiger partial charge in [0.25, 0.3) is 5.56 Å². The van der Waals surface area contributed by atoms with E-state index in [-0.39, 0.29) is 10.8 Å². The molecule has 0 saturated heterocycles. The van der Waals surface area contributed by atoms with Crippen molar-refractivity contribution in [3.05, 3.63) is 40.3 Å². The molecular formula is C11H9N3OS. The fourth-order valence-corrected chi connectivity index (χ4v) is 1.88. The number of benzene rings is 1. The van der Waals surface area contributed by atoms with Crippen LogP contribution in [0.25, 0.3) is 11.0 Å². The summed E-state index contributed by atoms with van der Waals surface area (Å²) in [5.74, 6) is 0. The fraction of sp³-hybridized carbons (Fsp3) is 0.182. The van der Waals surface area contributed by atoms with E-state index in [0.717, 1.165) is 17.3 Å². The Morgan fingerprint density at radius 3 is 3.00 bits per heavy atom. The van der Waals surface area contributed by atoms with E-state index >= 15 is 0 Å². The molecule has 0 amide bonds. The summed E-state index contributed by atoms with van der Waals surface area (Å²) < 4.78 is 0. The molecule has 0 aliphatic rings. The standard InChI is InChI=1S/C11H9N3OS/c1-7(16-6-12)10-11(15)14-9-5-3-2-4-8(9)13-10/h2-5,7H,1H3,(H,14,15). The Labute approximate surface area is 96.3 Å². The summed E-state index contributed by atoms with van der Waals surface area (Å²) in [6, 6.07) is 7.33. The third-order valence-corrected chi connectivity index (χ3v) is 2.92. The van der Waals surface area contributed by atoms with Gasteiger partial charge in [-0.25, -0.2) is 4.98 Å². The van der Waals surface area contributed by atoms with E-state index in [4.69, 9.17) is 5.26 Å². The molecule has 2 aromatic rings. The molecule has 1 aromatic carbocycles. The highest BCUT2D eigenvalue weighted by atomic mass is 32.2. The van der Waals surface area contributed by atoms with Gasteiger partial charge in [-0.3, -0.25) is 4.79 Å². The number of para-hydroxylation sites is 2. The van der Waals surface area contributed by atoms with Crippen LogP contribution in [0.5, 0.6) is 0 Å². The zero-order valence-corrected chi connectivity index (χ0v) is 9.41. The van der Waals surface area contributed by atoms with Gasteiger partial charge in [0.05, 0.1) is 16.3 Å². The third-order valence-electron chi connectivity index (χ3n) is 2.24. The van der Waals surface area contributed by atoms with Gasteiger partial charge in [-0.15, -0.1) is 0 Å². The van der Waals surface area contributed by atoms with E-state index in [1.165, 1.54) is 0 Å². The Kier molecular flexibility index (Phi) is 2.93. The van der Waals surface area contributed by atoms with Crippen LogP contribution in [0.1, 0.15) is 17.9 Å². The average Bonchev–Trinajstić information content (AvgIpc) is 2.28. The van der Waals surface area contributed by atoms with E-state index < -0.39 is 0 Å². The lowest BCUT2D eigenvalue weighted by molar-refractivity contribution is 0.977. The molecule has 0 spiro atoms. The van der Waals surface area contributed by atoms with Crippen molar-refractivity contribution in [3.8, 4) is 5.40 Å². The van der Waals surface area contributed by atoms with Gasteiger partial charge >= 0.3 is 0 Å². The van der Waals surface area contributed by atoms with Crippen LogP contribution in [0, 0.1) is 10.7 Å². The molecule has 4 nitrogen and oxygen atoms in total. The van der Waals surface area contributed by atoms with E-state index in [2.05, 4.69) is 9.97 Å². The molecule has 80 valence electrons. The Morgan fingerprint density at radius 1 is 1.50 bits per heavy atom. The number of aromatic nitrogens is 2. The molecule has 0 saturated carbocycles. The highest BCUT2D eigenvalue weighted by molar-refractivity contribution is 8.03. The minimum atomic E-state index is -0.228. The minimum Gasteiger partial charge on any atom is -0.319 e. The number of H-pyrrole nitrogens is 1. The molecule has 0 fully saturated rings. The lowest BCUT2D eigenvalue weighted by Gasteiger charge is -2.05. The number of thiocyanates is 1. The first-order valence-corrected chi connectivity index (χ1v) is 5.64. The van der Waals surface area contributed by atoms with Gasteiger partial charge in [-0.2, -0.15) is 5.26 Å². The van der Waals surface area contributed by atoms with Crippen molar-refractivity contribution in [2.24, 2.45) is 0 Å². The number of rotatable bonds is 2. The summed E-state index contributed by atoms with van der Waals surface area (Å²) >= 11 is 1.03. The van der Waals surface area contributed by atoms with Crippen LogP contribution in [-0.4, -0.2) is 9.97 Å². The molecule has 5 heteroatoms. The molecule has 16 heavy (non-hydrogen) atoms. The number of fused-ring (bicyclic) bond motifs is 1. The van der Waals surface area contributed by atoms with Gasteiger partial charge in [-0.05, 0) is 30.8 Å². The molecule has 0 radical (unpaired) electrons. The molecule has 0 bridgehead atoms. The zero-order valence-electron chi connectivity index (χ0n) is 8.60. The SMILES string of the molecule is CC(SC#N)c1nc2ccccc2[nH]c1=O. The Hall–Kier alpha value is -1.80. The maximum absolute atomic E-state index is 11.7. The van der Waals surface area contributed by atoms with Crippen LogP contribution in [-0.2, 0) is 0 Å². The number of hydrogen-bond donors (Lipinski definition) is 1. The summed E-state index contributed by atoms with van der Waals surface area (Å²) in [6.07, 6.45) is 0. The Morgan fingerprint density at radius 2 is 2.25 bits per heavy atom. The van der Waals surface area contributed by atoms with Gasteiger partial charge in [0.1, 0.15) is 11.1 Å². The lowest BCUT2D eigenvalue weighted by Crippen LogP contribution is -2.16. The van der Waals surface area contributed by atoms with Crippen molar-refractivity contribution >= 4 is 22.8 Å². The molecule has 0 aliphatic heterocycles. The summed E-state index contributed by atoms with van der Waals surface area (Å²) in [6.45, 7) is 1.79. The van der Waals surface area contributed by atoms with Gasteiger partial charge in [-0.1, -0.05) is 12.1 Å². The number of thioether (sulfide) groups is 1.